The van der Waals surface area contributed by atoms with Gasteiger partial charge in [0.2, 0.25) is 10.0 Å². The van der Waals surface area contributed by atoms with E-state index in [9.17, 15) is 12.8 Å². The summed E-state index contributed by atoms with van der Waals surface area (Å²) in [5, 5.41) is 9.40. The lowest BCUT2D eigenvalue weighted by Gasteiger charge is -2.26. The van der Waals surface area contributed by atoms with Crippen molar-refractivity contribution in [1.82, 2.24) is 24.4 Å². The number of sulfonamides is 1. The number of halogens is 1. The van der Waals surface area contributed by atoms with Crippen molar-refractivity contribution in [1.29, 1.82) is 0 Å². The first-order valence-electron chi connectivity index (χ1n) is 9.45. The smallest absolute Gasteiger partial charge is 0.211 e. The molecule has 0 amide bonds. The van der Waals surface area contributed by atoms with Crippen LogP contribution >= 0.6 is 11.8 Å². The Morgan fingerprint density at radius 2 is 1.86 bits per heavy atom. The van der Waals surface area contributed by atoms with Crippen LogP contribution in [0.4, 0.5) is 4.39 Å². The van der Waals surface area contributed by atoms with Crippen molar-refractivity contribution in [3.05, 3.63) is 35.9 Å². The predicted molar refractivity (Wildman–Crippen MR) is 109 cm³/mol. The summed E-state index contributed by atoms with van der Waals surface area (Å²) in [6, 6.07) is 6.28. The fourth-order valence-corrected chi connectivity index (χ4v) is 5.00. The van der Waals surface area contributed by atoms with Gasteiger partial charge < -0.3 is 0 Å². The summed E-state index contributed by atoms with van der Waals surface area (Å²) in [5.41, 5.74) is 0.809. The molecule has 154 valence electrons. The highest BCUT2D eigenvalue weighted by atomic mass is 32.2. The molecule has 1 N–H and O–H groups in total. The first kappa shape index (κ1) is 21.2. The molecular weight excluding hydrogens is 401 g/mol. The minimum absolute atomic E-state index is 0.0713. The standard InChI is InChI=1S/C18H26FN5O2S2/c1-20-28(25,26)13-5-12-27-18-22-21-17(14-23-10-3-2-4-11-23)24(18)16-8-6-15(19)7-9-16/h6-9,20H,2-5,10-14H2,1H3. The van der Waals surface area contributed by atoms with Gasteiger partial charge in [0.15, 0.2) is 11.0 Å². The Bertz CT molecular complexity index is 865. The molecule has 0 spiro atoms. The highest BCUT2D eigenvalue weighted by Gasteiger charge is 2.19. The van der Waals surface area contributed by atoms with Gasteiger partial charge in [-0.2, -0.15) is 0 Å². The Hall–Kier alpha value is -1.49. The zero-order valence-corrected chi connectivity index (χ0v) is 17.6. The highest BCUT2D eigenvalue weighted by Crippen LogP contribution is 2.24. The van der Waals surface area contributed by atoms with E-state index in [0.717, 1.165) is 24.6 Å². The predicted octanol–water partition coefficient (Wildman–Crippen LogP) is 2.42. The Kier molecular flexibility index (Phi) is 7.44. The molecule has 3 rings (SSSR count). The SMILES string of the molecule is CNS(=O)(=O)CCCSc1nnc(CN2CCCCC2)n1-c1ccc(F)cc1. The molecule has 1 aromatic heterocycles. The first-order valence-corrected chi connectivity index (χ1v) is 12.1. The monoisotopic (exact) mass is 427 g/mol. The second kappa shape index (κ2) is 9.82. The van der Waals surface area contributed by atoms with Gasteiger partial charge in [-0.25, -0.2) is 17.5 Å². The molecule has 2 aromatic rings. The number of benzene rings is 1. The Morgan fingerprint density at radius 3 is 2.54 bits per heavy atom. The van der Waals surface area contributed by atoms with Crippen molar-refractivity contribution >= 4 is 21.8 Å². The van der Waals surface area contributed by atoms with Gasteiger partial charge in [-0.15, -0.1) is 10.2 Å². The molecular formula is C18H26FN5O2S2. The normalized spacial score (nSPS) is 15.8. The zero-order chi connectivity index (χ0) is 20.0. The average molecular weight is 428 g/mol. The molecule has 1 aliphatic heterocycles. The summed E-state index contributed by atoms with van der Waals surface area (Å²) in [6.45, 7) is 2.78. The third-order valence-electron chi connectivity index (χ3n) is 4.70. The maximum atomic E-state index is 13.4. The van der Waals surface area contributed by atoms with Crippen molar-refractivity contribution in [3.63, 3.8) is 0 Å². The minimum atomic E-state index is -3.21. The number of thioether (sulfide) groups is 1. The quantitative estimate of drug-likeness (QED) is 0.489. The Balaban J connectivity index is 1.76. The number of nitrogens with one attached hydrogen (secondary N) is 1. The van der Waals surface area contributed by atoms with Gasteiger partial charge >= 0.3 is 0 Å². The number of likely N-dealkylation sites (tertiary alicyclic amines) is 1. The largest absolute Gasteiger partial charge is 0.296 e. The molecule has 0 unspecified atom stereocenters. The molecule has 10 heteroatoms. The lowest BCUT2D eigenvalue weighted by molar-refractivity contribution is 0.214. The average Bonchev–Trinajstić information content (AvgIpc) is 3.09. The molecule has 28 heavy (non-hydrogen) atoms. The Labute approximate surface area is 169 Å². The number of nitrogens with zero attached hydrogens (tertiary/aromatic N) is 4. The lowest BCUT2D eigenvalue weighted by atomic mass is 10.1. The van der Waals surface area contributed by atoms with Crippen LogP contribution in [0.5, 0.6) is 0 Å². The van der Waals surface area contributed by atoms with Gasteiger partial charge in [0.05, 0.1) is 12.3 Å². The van der Waals surface area contributed by atoms with E-state index in [4.69, 9.17) is 0 Å². The summed E-state index contributed by atoms with van der Waals surface area (Å²) < 4.78 is 40.8. The molecule has 0 saturated carbocycles. The van der Waals surface area contributed by atoms with E-state index in [0.29, 0.717) is 23.9 Å². The van der Waals surface area contributed by atoms with Crippen molar-refractivity contribution in [3.8, 4) is 5.69 Å². The van der Waals surface area contributed by atoms with E-state index in [2.05, 4.69) is 19.8 Å². The molecule has 1 saturated heterocycles. The summed E-state index contributed by atoms with van der Waals surface area (Å²) >= 11 is 1.46. The van der Waals surface area contributed by atoms with Crippen LogP contribution in [0, 0.1) is 5.82 Å². The van der Waals surface area contributed by atoms with Crippen LogP contribution in [0.3, 0.4) is 0 Å². The second-order valence-electron chi connectivity index (χ2n) is 6.77. The highest BCUT2D eigenvalue weighted by molar-refractivity contribution is 7.99. The summed E-state index contributed by atoms with van der Waals surface area (Å²) in [7, 11) is -1.79. The molecule has 0 atom stereocenters. The number of hydrogen-bond acceptors (Lipinski definition) is 6. The summed E-state index contributed by atoms with van der Waals surface area (Å²) in [4.78, 5) is 2.36. The van der Waals surface area contributed by atoms with Crippen LogP contribution < -0.4 is 4.72 Å². The van der Waals surface area contributed by atoms with Gasteiger partial charge in [-0.1, -0.05) is 18.2 Å². The van der Waals surface area contributed by atoms with E-state index in [-0.39, 0.29) is 11.6 Å². The number of aromatic nitrogens is 3. The lowest BCUT2D eigenvalue weighted by Crippen LogP contribution is -2.30. The van der Waals surface area contributed by atoms with E-state index in [1.807, 2.05) is 4.57 Å². The van der Waals surface area contributed by atoms with E-state index in [1.165, 1.54) is 50.2 Å². The van der Waals surface area contributed by atoms with E-state index < -0.39 is 10.0 Å². The molecule has 7 nitrogen and oxygen atoms in total. The van der Waals surface area contributed by atoms with Gasteiger partial charge in [0, 0.05) is 11.4 Å². The van der Waals surface area contributed by atoms with Gasteiger partial charge in [-0.3, -0.25) is 9.47 Å². The third-order valence-corrected chi connectivity index (χ3v) is 7.16. The van der Waals surface area contributed by atoms with E-state index in [1.54, 1.807) is 12.1 Å². The zero-order valence-electron chi connectivity index (χ0n) is 16.0. The van der Waals surface area contributed by atoms with E-state index >= 15 is 0 Å². The fraction of sp³-hybridized carbons (Fsp3) is 0.556. The number of hydrogen-bond donors (Lipinski definition) is 1. The third kappa shape index (κ3) is 5.76. The summed E-state index contributed by atoms with van der Waals surface area (Å²) in [5.74, 6) is 1.20. The van der Waals surface area contributed by atoms with Crippen molar-refractivity contribution in [2.45, 2.75) is 37.4 Å². The van der Waals surface area contributed by atoms with Crippen LogP contribution in [-0.2, 0) is 16.6 Å². The van der Waals surface area contributed by atoms with Crippen molar-refractivity contribution in [2.75, 3.05) is 31.6 Å². The number of piperidine rings is 1. The second-order valence-corrected chi connectivity index (χ2v) is 9.88. The number of rotatable bonds is 9. The molecule has 0 aliphatic carbocycles. The van der Waals surface area contributed by atoms with Gasteiger partial charge in [-0.05, 0) is 63.7 Å². The maximum absolute atomic E-state index is 13.4. The maximum Gasteiger partial charge on any atom is 0.211 e. The first-order chi connectivity index (χ1) is 13.5. The minimum Gasteiger partial charge on any atom is -0.296 e. The van der Waals surface area contributed by atoms with Crippen LogP contribution in [0.2, 0.25) is 0 Å². The molecule has 0 bridgehead atoms. The molecule has 2 heterocycles. The molecule has 0 radical (unpaired) electrons. The molecule has 1 aromatic carbocycles. The van der Waals surface area contributed by atoms with Gasteiger partial charge in [0.1, 0.15) is 5.82 Å². The van der Waals surface area contributed by atoms with Crippen molar-refractivity contribution < 1.29 is 12.8 Å². The Morgan fingerprint density at radius 1 is 1.14 bits per heavy atom. The molecule has 1 aliphatic rings. The fourth-order valence-electron chi connectivity index (χ4n) is 3.18. The van der Waals surface area contributed by atoms with Gasteiger partial charge in [0.25, 0.3) is 0 Å². The van der Waals surface area contributed by atoms with Crippen LogP contribution in [0.25, 0.3) is 5.69 Å². The topological polar surface area (TPSA) is 80.1 Å². The van der Waals surface area contributed by atoms with Crippen LogP contribution in [-0.4, -0.2) is 59.7 Å². The molecule has 1 fully saturated rings. The summed E-state index contributed by atoms with van der Waals surface area (Å²) in [6.07, 6.45) is 4.14. The van der Waals surface area contributed by atoms with Crippen molar-refractivity contribution in [2.24, 2.45) is 0 Å². The van der Waals surface area contributed by atoms with Crippen LogP contribution in [0.1, 0.15) is 31.5 Å². The van der Waals surface area contributed by atoms with Crippen LogP contribution in [0.15, 0.2) is 29.4 Å².